The number of hydrogen-bond donors (Lipinski definition) is 2. The highest BCUT2D eigenvalue weighted by Gasteiger charge is 2.53. The van der Waals surface area contributed by atoms with Gasteiger partial charge in [-0.25, -0.2) is 4.79 Å². The maximum absolute atomic E-state index is 13.0. The average molecular weight is 344 g/mol. The van der Waals surface area contributed by atoms with Crippen LogP contribution in [0, 0.1) is 0 Å². The van der Waals surface area contributed by atoms with Gasteiger partial charge in [-0.2, -0.15) is 0 Å². The summed E-state index contributed by atoms with van der Waals surface area (Å²) in [5, 5.41) is 11.6. The Balaban J connectivity index is 1.63. The smallest absolute Gasteiger partial charge is 0.325 e. The number of nitrogens with one attached hydrogen (secondary N) is 1. The molecule has 25 heavy (non-hydrogen) atoms. The molecule has 134 valence electrons. The van der Waals surface area contributed by atoms with Crippen LogP contribution in [0.3, 0.4) is 0 Å². The van der Waals surface area contributed by atoms with Crippen LogP contribution in [0.2, 0.25) is 0 Å². The molecular formula is C19H24N2O4. The van der Waals surface area contributed by atoms with Crippen LogP contribution in [0.5, 0.6) is 0 Å². The molecule has 1 aliphatic heterocycles. The standard InChI is InChI=1S/C19H24N2O4/c22-16(23)11-3-1-2-6-13-21-17(24)19(20-18(21)25)12-7-9-14-8-4-5-10-15(14)19/h4-5,8,10H,1-3,6-7,9,11-13H2,(H,20,25)(H,22,23). The Morgan fingerprint density at radius 3 is 2.72 bits per heavy atom. The zero-order valence-electron chi connectivity index (χ0n) is 14.3. The van der Waals surface area contributed by atoms with E-state index >= 15 is 0 Å². The van der Waals surface area contributed by atoms with E-state index in [2.05, 4.69) is 5.32 Å². The molecule has 0 saturated carbocycles. The van der Waals surface area contributed by atoms with E-state index in [9.17, 15) is 14.4 Å². The SMILES string of the molecule is O=C(O)CCCCCCN1C(=O)NC2(CCCc3ccccc32)C1=O. The molecule has 1 aliphatic carbocycles. The van der Waals surface area contributed by atoms with Crippen LogP contribution in [0.15, 0.2) is 24.3 Å². The summed E-state index contributed by atoms with van der Waals surface area (Å²) in [4.78, 5) is 37.2. The molecule has 0 radical (unpaired) electrons. The molecule has 1 heterocycles. The fraction of sp³-hybridized carbons (Fsp3) is 0.526. The Bertz CT molecular complexity index is 688. The molecule has 2 aliphatic rings. The van der Waals surface area contributed by atoms with E-state index in [1.54, 1.807) is 0 Å². The number of benzene rings is 1. The zero-order chi connectivity index (χ0) is 17.9. The number of carbonyl (C=O) groups excluding carboxylic acids is 2. The van der Waals surface area contributed by atoms with E-state index in [-0.39, 0.29) is 18.4 Å². The highest BCUT2D eigenvalue weighted by molar-refractivity contribution is 6.07. The lowest BCUT2D eigenvalue weighted by molar-refractivity contribution is -0.137. The molecule has 1 aromatic carbocycles. The van der Waals surface area contributed by atoms with Crippen LogP contribution in [0.4, 0.5) is 4.79 Å². The van der Waals surface area contributed by atoms with E-state index in [0.29, 0.717) is 25.8 Å². The number of aryl methyl sites for hydroxylation is 1. The van der Waals surface area contributed by atoms with Crippen molar-refractivity contribution in [1.29, 1.82) is 0 Å². The number of hydrogen-bond acceptors (Lipinski definition) is 3. The Labute approximate surface area is 147 Å². The van der Waals surface area contributed by atoms with Crippen LogP contribution < -0.4 is 5.32 Å². The van der Waals surface area contributed by atoms with Crippen molar-refractivity contribution in [2.45, 2.75) is 56.9 Å². The summed E-state index contributed by atoms with van der Waals surface area (Å²) in [6, 6.07) is 7.54. The minimum Gasteiger partial charge on any atom is -0.481 e. The number of amides is 3. The molecular weight excluding hydrogens is 320 g/mol. The number of carboxylic acids is 1. The molecule has 6 nitrogen and oxygen atoms in total. The summed E-state index contributed by atoms with van der Waals surface area (Å²) >= 11 is 0. The fourth-order valence-electron chi connectivity index (χ4n) is 3.91. The van der Waals surface area contributed by atoms with E-state index in [1.807, 2.05) is 24.3 Å². The molecule has 0 aromatic heterocycles. The highest BCUT2D eigenvalue weighted by Crippen LogP contribution is 2.39. The van der Waals surface area contributed by atoms with E-state index in [0.717, 1.165) is 36.8 Å². The minimum atomic E-state index is -0.894. The third-order valence-electron chi connectivity index (χ3n) is 5.17. The molecule has 2 N–H and O–H groups in total. The predicted octanol–water partition coefficient (Wildman–Crippen LogP) is 2.81. The van der Waals surface area contributed by atoms with Gasteiger partial charge in [0.05, 0.1) is 0 Å². The van der Waals surface area contributed by atoms with Crippen molar-refractivity contribution in [3.63, 3.8) is 0 Å². The largest absolute Gasteiger partial charge is 0.481 e. The van der Waals surface area contributed by atoms with E-state index in [1.165, 1.54) is 4.90 Å². The average Bonchev–Trinajstić information content (AvgIpc) is 2.82. The molecule has 1 spiro atoms. The summed E-state index contributed by atoms with van der Waals surface area (Å²) in [7, 11) is 0. The van der Waals surface area contributed by atoms with Gasteiger partial charge in [0.1, 0.15) is 5.54 Å². The van der Waals surface area contributed by atoms with Gasteiger partial charge in [0.25, 0.3) is 5.91 Å². The van der Waals surface area contributed by atoms with Gasteiger partial charge in [-0.3, -0.25) is 14.5 Å². The van der Waals surface area contributed by atoms with Gasteiger partial charge in [0, 0.05) is 13.0 Å². The Morgan fingerprint density at radius 2 is 1.92 bits per heavy atom. The second-order valence-corrected chi connectivity index (χ2v) is 6.86. The van der Waals surface area contributed by atoms with Gasteiger partial charge in [-0.1, -0.05) is 37.1 Å². The number of carbonyl (C=O) groups is 3. The third kappa shape index (κ3) is 3.38. The molecule has 3 rings (SSSR count). The first kappa shape index (κ1) is 17.5. The maximum Gasteiger partial charge on any atom is 0.325 e. The van der Waals surface area contributed by atoms with Crippen molar-refractivity contribution >= 4 is 17.9 Å². The van der Waals surface area contributed by atoms with E-state index < -0.39 is 11.5 Å². The molecule has 3 amide bonds. The van der Waals surface area contributed by atoms with Crippen LogP contribution >= 0.6 is 0 Å². The van der Waals surface area contributed by atoms with E-state index in [4.69, 9.17) is 5.11 Å². The quantitative estimate of drug-likeness (QED) is 0.588. The predicted molar refractivity (Wildman–Crippen MR) is 92.0 cm³/mol. The van der Waals surface area contributed by atoms with Crippen LogP contribution in [-0.2, 0) is 21.5 Å². The summed E-state index contributed by atoms with van der Waals surface area (Å²) in [6.45, 7) is 0.391. The lowest BCUT2D eigenvalue weighted by atomic mass is 9.76. The number of imide groups is 1. The van der Waals surface area contributed by atoms with Crippen molar-refractivity contribution in [2.24, 2.45) is 0 Å². The van der Waals surface area contributed by atoms with Gasteiger partial charge in [-0.15, -0.1) is 0 Å². The number of urea groups is 1. The highest BCUT2D eigenvalue weighted by atomic mass is 16.4. The fourth-order valence-corrected chi connectivity index (χ4v) is 3.91. The first-order valence-corrected chi connectivity index (χ1v) is 8.99. The van der Waals surface area contributed by atoms with Gasteiger partial charge < -0.3 is 10.4 Å². The lowest BCUT2D eigenvalue weighted by Gasteiger charge is -2.33. The third-order valence-corrected chi connectivity index (χ3v) is 5.17. The molecule has 6 heteroatoms. The topological polar surface area (TPSA) is 86.7 Å². The molecule has 1 atom stereocenters. The summed E-state index contributed by atoms with van der Waals surface area (Å²) in [5.74, 6) is -0.929. The Hall–Kier alpha value is -2.37. The summed E-state index contributed by atoms with van der Waals surface area (Å²) in [6.07, 6.45) is 5.57. The van der Waals surface area contributed by atoms with Crippen molar-refractivity contribution < 1.29 is 19.5 Å². The first-order chi connectivity index (χ1) is 12.0. The number of unbranched alkanes of at least 4 members (excludes halogenated alkanes) is 3. The number of aliphatic carboxylic acids is 1. The van der Waals surface area contributed by atoms with Crippen LogP contribution in [0.1, 0.15) is 56.1 Å². The molecule has 1 fully saturated rings. The molecule has 1 aromatic rings. The number of rotatable bonds is 7. The minimum absolute atomic E-state index is 0.143. The van der Waals surface area contributed by atoms with Crippen LogP contribution in [-0.4, -0.2) is 34.5 Å². The monoisotopic (exact) mass is 344 g/mol. The van der Waals surface area contributed by atoms with Crippen molar-refractivity contribution in [1.82, 2.24) is 10.2 Å². The van der Waals surface area contributed by atoms with Gasteiger partial charge in [0.2, 0.25) is 0 Å². The van der Waals surface area contributed by atoms with Crippen molar-refractivity contribution in [3.8, 4) is 0 Å². The van der Waals surface area contributed by atoms with Gasteiger partial charge in [-0.05, 0) is 43.2 Å². The normalized spacial score (nSPS) is 22.2. The first-order valence-electron chi connectivity index (χ1n) is 8.99. The lowest BCUT2D eigenvalue weighted by Crippen LogP contribution is -2.46. The summed E-state index contributed by atoms with van der Waals surface area (Å²) in [5.41, 5.74) is 1.18. The Morgan fingerprint density at radius 1 is 1.16 bits per heavy atom. The number of fused-ring (bicyclic) bond motifs is 2. The Kier molecular flexibility index (Phi) is 5.06. The second kappa shape index (κ2) is 7.25. The second-order valence-electron chi connectivity index (χ2n) is 6.86. The van der Waals surface area contributed by atoms with Gasteiger partial charge >= 0.3 is 12.0 Å². The van der Waals surface area contributed by atoms with Crippen molar-refractivity contribution in [2.75, 3.05) is 6.54 Å². The zero-order valence-corrected chi connectivity index (χ0v) is 14.3. The van der Waals surface area contributed by atoms with Crippen LogP contribution in [0.25, 0.3) is 0 Å². The number of nitrogens with zero attached hydrogens (tertiary/aromatic N) is 1. The number of carboxylic acid groups (broad SMARTS) is 1. The summed E-state index contributed by atoms with van der Waals surface area (Å²) < 4.78 is 0. The molecule has 0 bridgehead atoms. The molecule has 1 unspecified atom stereocenters. The maximum atomic E-state index is 13.0. The van der Waals surface area contributed by atoms with Gasteiger partial charge in [0.15, 0.2) is 0 Å². The molecule has 1 saturated heterocycles. The van der Waals surface area contributed by atoms with Crippen molar-refractivity contribution in [3.05, 3.63) is 35.4 Å².